The molecule has 0 aromatic heterocycles. The predicted octanol–water partition coefficient (Wildman–Crippen LogP) is 0.383. The number of rotatable bonds is 2. The van der Waals surface area contributed by atoms with Crippen molar-refractivity contribution in [2.24, 2.45) is 5.16 Å². The van der Waals surface area contributed by atoms with Crippen molar-refractivity contribution in [3.63, 3.8) is 0 Å². The zero-order valence-corrected chi connectivity index (χ0v) is 4.05. The molecule has 0 radical (unpaired) electrons. The summed E-state index contributed by atoms with van der Waals surface area (Å²) in [6.45, 7) is 3.09. The lowest BCUT2D eigenvalue weighted by Crippen LogP contribution is -1.91. The second-order valence-corrected chi connectivity index (χ2v) is 0.818. The minimum atomic E-state index is -0.690. The van der Waals surface area contributed by atoms with Gasteiger partial charge in [-0.1, -0.05) is 6.58 Å². The van der Waals surface area contributed by atoms with Crippen LogP contribution in [-0.2, 0) is 9.63 Å². The molecular weight excluding hydrogens is 108 g/mol. The van der Waals surface area contributed by atoms with Crippen LogP contribution in [0.1, 0.15) is 0 Å². The molecule has 0 aromatic rings. The maximum absolute atomic E-state index is 10.0. The van der Waals surface area contributed by atoms with Gasteiger partial charge < -0.3 is 4.84 Å². The number of nitrogens with zero attached hydrogens (tertiary/aromatic N) is 1. The summed E-state index contributed by atoms with van der Waals surface area (Å²) in [5, 5.41) is 8.88. The van der Waals surface area contributed by atoms with Gasteiger partial charge in [-0.05, 0) is 5.16 Å². The smallest absolute Gasteiger partial charge is 0.303 e. The summed E-state index contributed by atoms with van der Waals surface area (Å²) in [4.78, 5) is 13.9. The molecule has 1 N–H and O–H groups in total. The Morgan fingerprint density at radius 3 is 3.00 bits per heavy atom. The molecule has 42 valence electrons. The summed E-state index contributed by atoms with van der Waals surface area (Å²) >= 11 is 0. The van der Waals surface area contributed by atoms with Gasteiger partial charge >= 0.3 is 5.97 Å². The van der Waals surface area contributed by atoms with E-state index in [-0.39, 0.29) is 0 Å². The summed E-state index contributed by atoms with van der Waals surface area (Å²) in [5.41, 5.74) is 0. The van der Waals surface area contributed by atoms with Crippen molar-refractivity contribution in [1.82, 2.24) is 0 Å². The first-order valence-electron chi connectivity index (χ1n) is 1.76. The maximum Gasteiger partial charge on any atom is 0.358 e. The highest BCUT2D eigenvalue weighted by molar-refractivity contribution is 5.81. The Morgan fingerprint density at radius 2 is 2.62 bits per heavy atom. The minimum absolute atomic E-state index is 0.690. The molecule has 0 aliphatic carbocycles. The highest BCUT2D eigenvalue weighted by atomic mass is 16.7. The fraction of sp³-hybridized carbons (Fsp3) is 0. The van der Waals surface area contributed by atoms with Crippen LogP contribution < -0.4 is 0 Å². The van der Waals surface area contributed by atoms with Gasteiger partial charge in [-0.25, -0.2) is 10.2 Å². The maximum atomic E-state index is 10.0. The lowest BCUT2D eigenvalue weighted by molar-refractivity contribution is -0.137. The van der Waals surface area contributed by atoms with Gasteiger partial charge in [0.1, 0.15) is 6.01 Å². The van der Waals surface area contributed by atoms with Crippen molar-refractivity contribution in [3.8, 4) is 0 Å². The van der Waals surface area contributed by atoms with Gasteiger partial charge in [0.25, 0.3) is 0 Å². The Balaban J connectivity index is 3.55. The molecule has 0 aromatic carbocycles. The third-order valence-electron chi connectivity index (χ3n) is 0.348. The van der Waals surface area contributed by atoms with E-state index in [0.29, 0.717) is 0 Å². The molecule has 0 atom stereocenters. The average Bonchev–Trinajstić information content (AvgIpc) is 1.83. The van der Waals surface area contributed by atoms with Gasteiger partial charge in [0.2, 0.25) is 0 Å². The van der Waals surface area contributed by atoms with Crippen molar-refractivity contribution in [2.75, 3.05) is 0 Å². The Hall–Kier alpha value is -1.41. The number of carbonyl (C=O) groups excluding carboxylic acids is 1. The van der Waals surface area contributed by atoms with Crippen LogP contribution in [0.2, 0.25) is 0 Å². The molecule has 0 saturated carbocycles. The van der Waals surface area contributed by atoms with Crippen molar-refractivity contribution >= 4 is 12.0 Å². The highest BCUT2D eigenvalue weighted by Crippen LogP contribution is 1.75. The average molecular weight is 112 g/mol. The van der Waals surface area contributed by atoms with Crippen LogP contribution in [0, 0.1) is 5.41 Å². The predicted molar refractivity (Wildman–Crippen MR) is 26.4 cm³/mol. The lowest BCUT2D eigenvalue weighted by Gasteiger charge is -1.81. The fourth-order valence-corrected chi connectivity index (χ4v) is 0.105. The standard InChI is InChI=1S/C4H4N2O2/c1-2-4(7)8-6-3-5/h2,5H,1H2. The van der Waals surface area contributed by atoms with Crippen LogP contribution in [0.4, 0.5) is 0 Å². The molecule has 8 heavy (non-hydrogen) atoms. The van der Waals surface area contributed by atoms with Gasteiger partial charge in [-0.15, -0.1) is 0 Å². The minimum Gasteiger partial charge on any atom is -0.303 e. The van der Waals surface area contributed by atoms with Gasteiger partial charge in [0.15, 0.2) is 0 Å². The Bertz CT molecular complexity index is 146. The number of carbonyl (C=O) groups is 1. The molecule has 4 nitrogen and oxygen atoms in total. The van der Waals surface area contributed by atoms with Crippen molar-refractivity contribution in [3.05, 3.63) is 12.7 Å². The van der Waals surface area contributed by atoms with Crippen molar-refractivity contribution in [1.29, 1.82) is 5.41 Å². The monoisotopic (exact) mass is 112 g/mol. The van der Waals surface area contributed by atoms with Crippen LogP contribution in [0.5, 0.6) is 0 Å². The first-order valence-corrected chi connectivity index (χ1v) is 1.76. The van der Waals surface area contributed by atoms with Crippen LogP contribution in [0.15, 0.2) is 17.8 Å². The molecule has 0 aliphatic heterocycles. The summed E-state index contributed by atoms with van der Waals surface area (Å²) in [6.07, 6.45) is 0.945. The van der Waals surface area contributed by atoms with E-state index in [2.05, 4.69) is 16.6 Å². The highest BCUT2D eigenvalue weighted by Gasteiger charge is 1.88. The molecular formula is C4H4N2O2. The van der Waals surface area contributed by atoms with Gasteiger partial charge in [0, 0.05) is 6.08 Å². The third kappa shape index (κ3) is 2.81. The van der Waals surface area contributed by atoms with E-state index < -0.39 is 5.97 Å². The Morgan fingerprint density at radius 1 is 2.00 bits per heavy atom. The number of nitrogens with one attached hydrogen (secondary N) is 1. The molecule has 0 aliphatic rings. The van der Waals surface area contributed by atoms with Crippen LogP contribution >= 0.6 is 0 Å². The topological polar surface area (TPSA) is 62.5 Å². The van der Waals surface area contributed by atoms with Crippen LogP contribution in [0.3, 0.4) is 0 Å². The number of hydrogen-bond donors (Lipinski definition) is 1. The molecule has 4 heteroatoms. The van der Waals surface area contributed by atoms with E-state index in [4.69, 9.17) is 5.41 Å². The van der Waals surface area contributed by atoms with Crippen LogP contribution in [-0.4, -0.2) is 12.0 Å². The second kappa shape index (κ2) is 3.77. The van der Waals surface area contributed by atoms with Gasteiger partial charge in [-0.2, -0.15) is 0 Å². The third-order valence-corrected chi connectivity index (χ3v) is 0.348. The zero-order chi connectivity index (χ0) is 6.41. The summed E-state index contributed by atoms with van der Waals surface area (Å²) in [5.74, 6) is -0.690. The fourth-order valence-electron chi connectivity index (χ4n) is 0.105. The molecule has 0 heterocycles. The second-order valence-electron chi connectivity index (χ2n) is 0.818. The van der Waals surface area contributed by atoms with E-state index >= 15 is 0 Å². The van der Waals surface area contributed by atoms with E-state index in [1.165, 1.54) is 6.01 Å². The largest absolute Gasteiger partial charge is 0.358 e. The first-order chi connectivity index (χ1) is 3.81. The van der Waals surface area contributed by atoms with Crippen LogP contribution in [0.25, 0.3) is 0 Å². The summed E-state index contributed by atoms with van der Waals surface area (Å²) in [7, 11) is 0. The molecule has 0 saturated heterocycles. The van der Waals surface area contributed by atoms with Crippen molar-refractivity contribution in [2.45, 2.75) is 0 Å². The molecule has 0 bridgehead atoms. The molecule has 0 amide bonds. The Kier molecular flexibility index (Phi) is 3.10. The summed E-state index contributed by atoms with van der Waals surface area (Å²) < 4.78 is 0. The normalized spacial score (nSPS) is 6.50. The molecule has 0 fully saturated rings. The van der Waals surface area contributed by atoms with E-state index in [9.17, 15) is 4.79 Å². The molecule has 0 unspecified atom stereocenters. The van der Waals surface area contributed by atoms with Crippen molar-refractivity contribution < 1.29 is 9.63 Å². The Labute approximate surface area is 46.0 Å². The lowest BCUT2D eigenvalue weighted by atomic mass is 10.7. The van der Waals surface area contributed by atoms with E-state index in [0.717, 1.165) is 6.08 Å². The van der Waals surface area contributed by atoms with E-state index in [1.807, 2.05) is 0 Å². The quantitative estimate of drug-likeness (QED) is 0.243. The summed E-state index contributed by atoms with van der Waals surface area (Å²) in [6, 6.07) is 1.52. The number of hydrogen-bond acceptors (Lipinski definition) is 4. The van der Waals surface area contributed by atoms with Gasteiger partial charge in [0.05, 0.1) is 0 Å². The SMILES string of the molecule is C=CC(=O)ON=C=N. The van der Waals surface area contributed by atoms with E-state index in [1.54, 1.807) is 0 Å². The zero-order valence-electron chi connectivity index (χ0n) is 4.05. The molecule has 0 rings (SSSR count). The first kappa shape index (κ1) is 6.59. The molecule has 0 spiro atoms. The van der Waals surface area contributed by atoms with Gasteiger partial charge in [-0.3, -0.25) is 0 Å².